The topological polar surface area (TPSA) is 88.8 Å². The monoisotopic (exact) mass is 344 g/mol. The maximum atomic E-state index is 12.4. The minimum Gasteiger partial charge on any atom is -0.494 e. The molecular weight excluding hydrogens is 324 g/mol. The number of nitrogens with zero attached hydrogens (tertiary/aromatic N) is 1. The molecule has 25 heavy (non-hydrogen) atoms. The van der Waals surface area contributed by atoms with Crippen molar-refractivity contribution in [3.8, 4) is 5.75 Å². The summed E-state index contributed by atoms with van der Waals surface area (Å²) in [7, 11) is 1.49. The molecule has 0 unspecified atom stereocenters. The number of carbonyl (C=O) groups excluding carboxylic acids is 2. The van der Waals surface area contributed by atoms with Gasteiger partial charge < -0.3 is 14.5 Å². The largest absolute Gasteiger partial charge is 0.494 e. The number of Topliss-reactive ketones (excluding diaryl/α,β-unsaturated/α-hetero) is 1. The van der Waals surface area contributed by atoms with Crippen LogP contribution in [0.15, 0.2) is 21.3 Å². The second-order valence-corrected chi connectivity index (χ2v) is 6.24. The van der Waals surface area contributed by atoms with Crippen molar-refractivity contribution in [1.29, 1.82) is 0 Å². The highest BCUT2D eigenvalue weighted by atomic mass is 16.5. The molecule has 0 saturated heterocycles. The van der Waals surface area contributed by atoms with E-state index in [0.29, 0.717) is 48.6 Å². The summed E-state index contributed by atoms with van der Waals surface area (Å²) < 4.78 is 10.7. The number of benzene rings is 1. The molecule has 0 spiro atoms. The van der Waals surface area contributed by atoms with Crippen LogP contribution < -0.4 is 15.7 Å². The number of anilines is 1. The number of ether oxygens (including phenoxy) is 1. The van der Waals surface area contributed by atoms with Gasteiger partial charge in [-0.1, -0.05) is 0 Å². The number of ketones is 1. The zero-order chi connectivity index (χ0) is 18.1. The van der Waals surface area contributed by atoms with Crippen molar-refractivity contribution in [1.82, 2.24) is 4.90 Å². The number of fused-ring (bicyclic) bond motifs is 3. The van der Waals surface area contributed by atoms with E-state index in [9.17, 15) is 14.4 Å². The molecule has 1 aromatic carbocycles. The SMILES string of the molecule is COc1cc2oc(=O)c3c(c2cc1NC(C)=O)CCN(CC(C)=O)C3. The van der Waals surface area contributed by atoms with Crippen molar-refractivity contribution in [2.45, 2.75) is 26.8 Å². The van der Waals surface area contributed by atoms with Crippen LogP contribution in [0.5, 0.6) is 5.75 Å². The van der Waals surface area contributed by atoms with E-state index in [2.05, 4.69) is 5.32 Å². The van der Waals surface area contributed by atoms with Gasteiger partial charge in [0.1, 0.15) is 17.1 Å². The van der Waals surface area contributed by atoms with E-state index in [-0.39, 0.29) is 11.7 Å². The second-order valence-electron chi connectivity index (χ2n) is 6.24. The Morgan fingerprint density at radius 2 is 2.04 bits per heavy atom. The van der Waals surface area contributed by atoms with Gasteiger partial charge in [-0.05, 0) is 25.0 Å². The Morgan fingerprint density at radius 3 is 2.68 bits per heavy atom. The molecule has 0 bridgehead atoms. The lowest BCUT2D eigenvalue weighted by atomic mass is 9.97. The maximum absolute atomic E-state index is 12.4. The Morgan fingerprint density at radius 1 is 1.28 bits per heavy atom. The van der Waals surface area contributed by atoms with Crippen molar-refractivity contribution in [2.75, 3.05) is 25.5 Å². The molecule has 1 aliphatic heterocycles. The summed E-state index contributed by atoms with van der Waals surface area (Å²) in [5, 5.41) is 3.51. The van der Waals surface area contributed by atoms with E-state index >= 15 is 0 Å². The van der Waals surface area contributed by atoms with E-state index in [1.54, 1.807) is 12.1 Å². The number of hydrogen-bond acceptors (Lipinski definition) is 6. The van der Waals surface area contributed by atoms with Gasteiger partial charge in [-0.15, -0.1) is 0 Å². The summed E-state index contributed by atoms with van der Waals surface area (Å²) in [5.74, 6) is 0.280. The van der Waals surface area contributed by atoms with E-state index in [1.165, 1.54) is 21.0 Å². The molecule has 0 saturated carbocycles. The lowest BCUT2D eigenvalue weighted by Gasteiger charge is -2.27. The van der Waals surface area contributed by atoms with Gasteiger partial charge in [-0.2, -0.15) is 0 Å². The van der Waals surface area contributed by atoms with Gasteiger partial charge in [-0.25, -0.2) is 4.79 Å². The third-order valence-electron chi connectivity index (χ3n) is 4.26. The fourth-order valence-electron chi connectivity index (χ4n) is 3.25. The zero-order valence-electron chi connectivity index (χ0n) is 14.5. The van der Waals surface area contributed by atoms with Crippen molar-refractivity contribution in [2.24, 2.45) is 0 Å². The highest BCUT2D eigenvalue weighted by Gasteiger charge is 2.24. The summed E-state index contributed by atoms with van der Waals surface area (Å²) in [6.07, 6.45) is 0.635. The van der Waals surface area contributed by atoms with Crippen molar-refractivity contribution in [3.05, 3.63) is 33.7 Å². The first kappa shape index (κ1) is 17.2. The second kappa shape index (κ2) is 6.68. The number of methoxy groups -OCH3 is 1. The van der Waals surface area contributed by atoms with Gasteiger partial charge in [0.25, 0.3) is 0 Å². The van der Waals surface area contributed by atoms with Gasteiger partial charge >= 0.3 is 5.63 Å². The Hall–Kier alpha value is -2.67. The first-order chi connectivity index (χ1) is 11.9. The van der Waals surface area contributed by atoms with Crippen molar-refractivity contribution < 1.29 is 18.7 Å². The van der Waals surface area contributed by atoms with Gasteiger partial charge in [0.05, 0.1) is 24.9 Å². The standard InChI is InChI=1S/C18H20N2O5/c1-10(21)8-20-5-4-12-13-6-15(19-11(2)22)17(24-3)7-16(13)25-18(23)14(12)9-20/h6-7H,4-5,8-9H2,1-3H3,(H,19,22). The Kier molecular flexibility index (Phi) is 4.59. The molecular formula is C18H20N2O5. The summed E-state index contributed by atoms with van der Waals surface area (Å²) >= 11 is 0. The van der Waals surface area contributed by atoms with Crippen LogP contribution >= 0.6 is 0 Å². The molecule has 2 aromatic rings. The molecule has 1 aliphatic rings. The Bertz CT molecular complexity index is 916. The van der Waals surface area contributed by atoms with Crippen LogP contribution in [-0.4, -0.2) is 36.8 Å². The molecule has 7 nitrogen and oxygen atoms in total. The first-order valence-electron chi connectivity index (χ1n) is 8.05. The van der Waals surface area contributed by atoms with Crippen LogP contribution in [0.25, 0.3) is 11.0 Å². The minimum atomic E-state index is -0.398. The predicted molar refractivity (Wildman–Crippen MR) is 93.0 cm³/mol. The van der Waals surface area contributed by atoms with Crippen LogP contribution in [0.4, 0.5) is 5.69 Å². The summed E-state index contributed by atoms with van der Waals surface area (Å²) in [6, 6.07) is 3.39. The smallest absolute Gasteiger partial charge is 0.341 e. The molecule has 1 amide bonds. The average Bonchev–Trinajstić information content (AvgIpc) is 2.54. The maximum Gasteiger partial charge on any atom is 0.341 e. The molecule has 7 heteroatoms. The van der Waals surface area contributed by atoms with Crippen molar-refractivity contribution in [3.63, 3.8) is 0 Å². The predicted octanol–water partition coefficient (Wildman–Crippen LogP) is 1.71. The number of rotatable bonds is 4. The Labute approximate surface area is 144 Å². The van der Waals surface area contributed by atoms with Crippen LogP contribution in [0.3, 0.4) is 0 Å². The molecule has 0 fully saturated rings. The van der Waals surface area contributed by atoms with Crippen LogP contribution in [0, 0.1) is 0 Å². The van der Waals surface area contributed by atoms with Crippen molar-refractivity contribution >= 4 is 28.3 Å². The van der Waals surface area contributed by atoms with E-state index in [0.717, 1.165) is 10.9 Å². The van der Waals surface area contributed by atoms with E-state index in [4.69, 9.17) is 9.15 Å². The lowest BCUT2D eigenvalue weighted by molar-refractivity contribution is -0.118. The average molecular weight is 344 g/mol. The highest BCUT2D eigenvalue weighted by molar-refractivity contribution is 5.95. The quantitative estimate of drug-likeness (QED) is 0.850. The molecule has 132 valence electrons. The van der Waals surface area contributed by atoms with E-state index < -0.39 is 5.63 Å². The van der Waals surface area contributed by atoms with Crippen LogP contribution in [0.1, 0.15) is 25.0 Å². The minimum absolute atomic E-state index is 0.0614. The number of nitrogens with one attached hydrogen (secondary N) is 1. The molecule has 0 atom stereocenters. The fourth-order valence-corrected chi connectivity index (χ4v) is 3.25. The Balaban J connectivity index is 2.13. The molecule has 2 heterocycles. The number of amides is 1. The fraction of sp³-hybridized carbons (Fsp3) is 0.389. The van der Waals surface area contributed by atoms with Gasteiger partial charge in [0, 0.05) is 31.5 Å². The van der Waals surface area contributed by atoms with Gasteiger partial charge in [-0.3, -0.25) is 14.5 Å². The first-order valence-corrected chi connectivity index (χ1v) is 8.05. The number of carbonyl (C=O) groups is 2. The summed E-state index contributed by atoms with van der Waals surface area (Å²) in [5.41, 5.74) is 2.03. The van der Waals surface area contributed by atoms with Gasteiger partial charge in [0.2, 0.25) is 5.91 Å². The van der Waals surface area contributed by atoms with Gasteiger partial charge in [0.15, 0.2) is 0 Å². The normalized spacial score (nSPS) is 14.2. The molecule has 3 rings (SSSR count). The lowest BCUT2D eigenvalue weighted by Crippen LogP contribution is -2.36. The molecule has 0 radical (unpaired) electrons. The molecule has 1 aromatic heterocycles. The number of hydrogen-bond donors (Lipinski definition) is 1. The highest BCUT2D eigenvalue weighted by Crippen LogP contribution is 2.33. The van der Waals surface area contributed by atoms with Crippen LogP contribution in [0.2, 0.25) is 0 Å². The zero-order valence-corrected chi connectivity index (χ0v) is 14.5. The molecule has 1 N–H and O–H groups in total. The molecule has 0 aliphatic carbocycles. The van der Waals surface area contributed by atoms with Crippen LogP contribution in [-0.2, 0) is 22.6 Å². The summed E-state index contributed by atoms with van der Waals surface area (Å²) in [4.78, 5) is 37.1. The van der Waals surface area contributed by atoms with E-state index in [1.807, 2.05) is 4.90 Å². The summed E-state index contributed by atoms with van der Waals surface area (Å²) in [6.45, 7) is 4.34. The third kappa shape index (κ3) is 3.41. The third-order valence-corrected chi connectivity index (χ3v) is 4.26.